The van der Waals surface area contributed by atoms with Crippen molar-refractivity contribution < 1.29 is 12.6 Å². The van der Waals surface area contributed by atoms with E-state index in [-0.39, 0.29) is 17.1 Å². The van der Waals surface area contributed by atoms with Crippen LogP contribution in [0.25, 0.3) is 15.9 Å². The van der Waals surface area contributed by atoms with E-state index < -0.39 is 10.1 Å². The fraction of sp³-hybridized carbons (Fsp3) is 0.308. The Kier molecular flexibility index (Phi) is 6.74. The standard InChI is InChI=1S/C26H26N2O4S3/c1-17-14-18(2)16-20(15-17)32-35(30,31)13-12-33-26-27-24-23(21-10-6-7-11-22(21)34-24)25(29)28(26)19-8-4-3-5-9-19/h3-5,8-9,14-16H,6-7,10-13H2,1-2H3. The van der Waals surface area contributed by atoms with Crippen molar-refractivity contribution in [3.05, 3.63) is 80.5 Å². The van der Waals surface area contributed by atoms with Gasteiger partial charge in [0.15, 0.2) is 5.16 Å². The molecule has 2 heterocycles. The van der Waals surface area contributed by atoms with Crippen LogP contribution in [0.1, 0.15) is 34.4 Å². The molecule has 4 aromatic rings. The van der Waals surface area contributed by atoms with Gasteiger partial charge in [0.2, 0.25) is 0 Å². The first-order valence-electron chi connectivity index (χ1n) is 11.6. The molecule has 0 radical (unpaired) electrons. The van der Waals surface area contributed by atoms with Crippen molar-refractivity contribution in [1.82, 2.24) is 9.55 Å². The first-order valence-corrected chi connectivity index (χ1v) is 14.9. The molecule has 5 rings (SSSR count). The average molecular weight is 527 g/mol. The second-order valence-corrected chi connectivity index (χ2v) is 12.6. The van der Waals surface area contributed by atoms with Crippen molar-refractivity contribution in [2.45, 2.75) is 44.7 Å². The van der Waals surface area contributed by atoms with Gasteiger partial charge in [-0.1, -0.05) is 36.0 Å². The van der Waals surface area contributed by atoms with Gasteiger partial charge in [-0.25, -0.2) is 4.98 Å². The van der Waals surface area contributed by atoms with Crippen LogP contribution in [0.15, 0.2) is 58.5 Å². The van der Waals surface area contributed by atoms with Crippen molar-refractivity contribution in [3.63, 3.8) is 0 Å². The Morgan fingerprint density at radius 1 is 1.06 bits per heavy atom. The summed E-state index contributed by atoms with van der Waals surface area (Å²) < 4.78 is 32.3. The third-order valence-corrected chi connectivity index (χ3v) is 9.49. The molecule has 0 fully saturated rings. The summed E-state index contributed by atoms with van der Waals surface area (Å²) in [5.41, 5.74) is 3.65. The van der Waals surface area contributed by atoms with E-state index in [2.05, 4.69) is 0 Å². The fourth-order valence-electron chi connectivity index (χ4n) is 4.49. The molecule has 0 saturated heterocycles. The topological polar surface area (TPSA) is 78.3 Å². The maximum Gasteiger partial charge on any atom is 0.310 e. The summed E-state index contributed by atoms with van der Waals surface area (Å²) in [4.78, 5) is 20.6. The minimum atomic E-state index is -3.80. The minimum absolute atomic E-state index is 0.0857. The number of aromatic nitrogens is 2. The minimum Gasteiger partial charge on any atom is -0.382 e. The highest BCUT2D eigenvalue weighted by molar-refractivity contribution is 8.00. The quantitative estimate of drug-likeness (QED) is 0.181. The van der Waals surface area contributed by atoms with E-state index in [1.54, 1.807) is 28.0 Å². The van der Waals surface area contributed by atoms with Crippen LogP contribution in [0.2, 0.25) is 0 Å². The molecule has 0 spiro atoms. The van der Waals surface area contributed by atoms with E-state index >= 15 is 0 Å². The number of para-hydroxylation sites is 1. The summed E-state index contributed by atoms with van der Waals surface area (Å²) in [5, 5.41) is 1.21. The second kappa shape index (κ2) is 9.79. The van der Waals surface area contributed by atoms with Gasteiger partial charge < -0.3 is 4.18 Å². The summed E-state index contributed by atoms with van der Waals surface area (Å²) >= 11 is 2.85. The van der Waals surface area contributed by atoms with E-state index in [9.17, 15) is 13.2 Å². The molecular weight excluding hydrogens is 500 g/mol. The van der Waals surface area contributed by atoms with Crippen molar-refractivity contribution in [1.29, 1.82) is 0 Å². The Bertz CT molecular complexity index is 1540. The van der Waals surface area contributed by atoms with Gasteiger partial charge in [0, 0.05) is 10.6 Å². The Labute approximate surface area is 213 Å². The van der Waals surface area contributed by atoms with Crippen LogP contribution in [0.5, 0.6) is 5.75 Å². The maximum absolute atomic E-state index is 13.7. The lowest BCUT2D eigenvalue weighted by Gasteiger charge is -2.14. The summed E-state index contributed by atoms with van der Waals surface area (Å²) in [7, 11) is -3.80. The highest BCUT2D eigenvalue weighted by atomic mass is 32.2. The smallest absolute Gasteiger partial charge is 0.310 e. The number of aryl methyl sites for hydroxylation is 4. The Morgan fingerprint density at radius 2 is 1.77 bits per heavy atom. The number of fused-ring (bicyclic) bond motifs is 3. The first kappa shape index (κ1) is 24.1. The lowest BCUT2D eigenvalue weighted by atomic mass is 9.97. The monoisotopic (exact) mass is 526 g/mol. The van der Waals surface area contributed by atoms with E-state index in [0.717, 1.165) is 52.9 Å². The van der Waals surface area contributed by atoms with Gasteiger partial charge in [-0.15, -0.1) is 11.3 Å². The second-order valence-electron chi connectivity index (χ2n) is 8.78. The highest BCUT2D eigenvalue weighted by Gasteiger charge is 2.23. The van der Waals surface area contributed by atoms with Crippen LogP contribution in [0, 0.1) is 13.8 Å². The van der Waals surface area contributed by atoms with Gasteiger partial charge in [-0.05, 0) is 80.5 Å². The molecule has 9 heteroatoms. The van der Waals surface area contributed by atoms with Crippen LogP contribution in [0.4, 0.5) is 0 Å². The van der Waals surface area contributed by atoms with Crippen LogP contribution >= 0.6 is 23.1 Å². The molecule has 0 amide bonds. The zero-order valence-corrected chi connectivity index (χ0v) is 22.1. The molecule has 0 atom stereocenters. The maximum atomic E-state index is 13.7. The summed E-state index contributed by atoms with van der Waals surface area (Å²) in [6.45, 7) is 3.80. The normalized spacial score (nSPS) is 13.7. The molecule has 0 N–H and O–H groups in total. The SMILES string of the molecule is Cc1cc(C)cc(OS(=O)(=O)CCSc2nc3sc4c(c3c(=O)n2-c2ccccc2)CCCC4)c1. The molecular formula is C26H26N2O4S3. The molecule has 0 aliphatic heterocycles. The van der Waals surface area contributed by atoms with Gasteiger partial charge in [0.25, 0.3) is 5.56 Å². The lowest BCUT2D eigenvalue weighted by molar-refractivity contribution is 0.487. The van der Waals surface area contributed by atoms with Crippen molar-refractivity contribution >= 4 is 43.4 Å². The Balaban J connectivity index is 1.45. The van der Waals surface area contributed by atoms with Crippen LogP contribution in [-0.2, 0) is 23.0 Å². The van der Waals surface area contributed by atoms with Crippen molar-refractivity contribution in [2.24, 2.45) is 0 Å². The number of nitrogens with zero attached hydrogens (tertiary/aromatic N) is 2. The average Bonchev–Trinajstić information content (AvgIpc) is 3.17. The third kappa shape index (κ3) is 5.17. The number of thioether (sulfide) groups is 1. The van der Waals surface area contributed by atoms with Gasteiger partial charge in [-0.2, -0.15) is 8.42 Å². The molecule has 35 heavy (non-hydrogen) atoms. The highest BCUT2D eigenvalue weighted by Crippen LogP contribution is 2.35. The molecule has 1 aliphatic rings. The molecule has 2 aromatic heterocycles. The summed E-state index contributed by atoms with van der Waals surface area (Å²) in [6.07, 6.45) is 4.10. The van der Waals surface area contributed by atoms with Crippen molar-refractivity contribution in [2.75, 3.05) is 11.5 Å². The zero-order chi connectivity index (χ0) is 24.6. The van der Waals surface area contributed by atoms with Crippen LogP contribution in [0.3, 0.4) is 0 Å². The predicted molar refractivity (Wildman–Crippen MR) is 143 cm³/mol. The van der Waals surface area contributed by atoms with E-state index in [0.29, 0.717) is 16.3 Å². The molecule has 2 aromatic carbocycles. The van der Waals surface area contributed by atoms with Gasteiger partial charge in [0.1, 0.15) is 10.6 Å². The van der Waals surface area contributed by atoms with Crippen LogP contribution in [-0.4, -0.2) is 29.5 Å². The predicted octanol–water partition coefficient (Wildman–Crippen LogP) is 5.44. The Hall–Kier alpha value is -2.62. The van der Waals surface area contributed by atoms with Crippen molar-refractivity contribution in [3.8, 4) is 11.4 Å². The molecule has 0 unspecified atom stereocenters. The fourth-order valence-corrected chi connectivity index (χ4v) is 8.08. The van der Waals surface area contributed by atoms with Crippen LogP contribution < -0.4 is 9.74 Å². The number of thiophene rings is 1. The molecule has 182 valence electrons. The molecule has 1 aliphatic carbocycles. The van der Waals surface area contributed by atoms with E-state index in [1.807, 2.05) is 50.2 Å². The number of benzene rings is 2. The number of hydrogen-bond acceptors (Lipinski definition) is 7. The van der Waals surface area contributed by atoms with E-state index in [4.69, 9.17) is 9.17 Å². The Morgan fingerprint density at radius 3 is 2.51 bits per heavy atom. The largest absolute Gasteiger partial charge is 0.382 e. The number of rotatable bonds is 7. The molecule has 6 nitrogen and oxygen atoms in total. The first-order chi connectivity index (χ1) is 16.8. The zero-order valence-electron chi connectivity index (χ0n) is 19.6. The van der Waals surface area contributed by atoms with Gasteiger partial charge in [0.05, 0.1) is 16.8 Å². The van der Waals surface area contributed by atoms with Gasteiger partial charge >= 0.3 is 10.1 Å². The third-order valence-electron chi connectivity index (χ3n) is 5.96. The van der Waals surface area contributed by atoms with E-state index in [1.165, 1.54) is 16.6 Å². The molecule has 0 saturated carbocycles. The van der Waals surface area contributed by atoms with Gasteiger partial charge in [-0.3, -0.25) is 9.36 Å². The summed E-state index contributed by atoms with van der Waals surface area (Å²) in [5.74, 6) is 0.328. The lowest BCUT2D eigenvalue weighted by Crippen LogP contribution is -2.23. The molecule has 0 bridgehead atoms. The number of hydrogen-bond donors (Lipinski definition) is 0. The summed E-state index contributed by atoms with van der Waals surface area (Å²) in [6, 6.07) is 14.8.